The number of rotatable bonds is 5. The van der Waals surface area contributed by atoms with Crippen molar-refractivity contribution in [3.8, 4) is 5.75 Å². The number of anilines is 1. The fraction of sp³-hybridized carbons (Fsp3) is 0.333. The van der Waals surface area contributed by atoms with E-state index < -0.39 is 6.10 Å². The summed E-state index contributed by atoms with van der Waals surface area (Å²) in [6.07, 6.45) is 1.06. The molecule has 0 spiro atoms. The Morgan fingerprint density at radius 3 is 2.32 bits per heavy atom. The van der Waals surface area contributed by atoms with Crippen LogP contribution < -0.4 is 10.1 Å². The zero-order valence-corrected chi connectivity index (χ0v) is 13.5. The molecule has 0 aliphatic rings. The number of nitrogens with zero attached hydrogens (tertiary/aromatic N) is 1. The Balaban J connectivity index is 1.94. The van der Waals surface area contributed by atoms with Gasteiger partial charge in [-0.3, -0.25) is 9.78 Å². The number of nitrogens with one attached hydrogen (secondary N) is 1. The van der Waals surface area contributed by atoms with Gasteiger partial charge in [0.1, 0.15) is 5.75 Å². The Labute approximate surface area is 131 Å². The summed E-state index contributed by atoms with van der Waals surface area (Å²) in [5, 5.41) is 2.79. The first kappa shape index (κ1) is 16.0. The van der Waals surface area contributed by atoms with Gasteiger partial charge >= 0.3 is 0 Å². The predicted octanol–water partition coefficient (Wildman–Crippen LogP) is 3.92. The molecular weight excluding hydrogens is 276 g/mol. The molecule has 22 heavy (non-hydrogen) atoms. The summed E-state index contributed by atoms with van der Waals surface area (Å²) in [5.74, 6) is 0.969. The number of hydrogen-bond donors (Lipinski definition) is 1. The van der Waals surface area contributed by atoms with E-state index in [9.17, 15) is 4.79 Å². The molecule has 1 aromatic carbocycles. The second kappa shape index (κ2) is 7.07. The molecule has 1 amide bonds. The molecule has 1 atom stereocenters. The van der Waals surface area contributed by atoms with Crippen molar-refractivity contribution in [3.05, 3.63) is 53.9 Å². The van der Waals surface area contributed by atoms with Gasteiger partial charge in [-0.1, -0.05) is 26.0 Å². The van der Waals surface area contributed by atoms with Crippen molar-refractivity contribution < 1.29 is 9.53 Å². The summed E-state index contributed by atoms with van der Waals surface area (Å²) in [5.41, 5.74) is 2.82. The average molecular weight is 298 g/mol. The Hall–Kier alpha value is -2.36. The van der Waals surface area contributed by atoms with Crippen molar-refractivity contribution in [1.82, 2.24) is 4.98 Å². The molecule has 0 aliphatic carbocycles. The second-order valence-corrected chi connectivity index (χ2v) is 5.66. The minimum absolute atomic E-state index is 0.196. The minimum atomic E-state index is -0.578. The van der Waals surface area contributed by atoms with Crippen LogP contribution in [0.25, 0.3) is 0 Å². The largest absolute Gasteiger partial charge is 0.481 e. The van der Waals surface area contributed by atoms with Crippen LogP contribution in [-0.4, -0.2) is 17.0 Å². The quantitative estimate of drug-likeness (QED) is 0.910. The normalized spacial score (nSPS) is 12.0. The fourth-order valence-corrected chi connectivity index (χ4v) is 1.97. The maximum atomic E-state index is 12.1. The first-order valence-electron chi connectivity index (χ1n) is 7.46. The van der Waals surface area contributed by atoms with Gasteiger partial charge in [0.15, 0.2) is 6.10 Å². The highest BCUT2D eigenvalue weighted by Gasteiger charge is 2.15. The van der Waals surface area contributed by atoms with Crippen molar-refractivity contribution in [1.29, 1.82) is 0 Å². The SMILES string of the molecule is Cc1ccc(NC(=O)C(C)Oc2ccc(C(C)C)cc2)cn1. The van der Waals surface area contributed by atoms with Crippen molar-refractivity contribution in [2.24, 2.45) is 0 Å². The fourth-order valence-electron chi connectivity index (χ4n) is 1.97. The summed E-state index contributed by atoms with van der Waals surface area (Å²) in [6, 6.07) is 11.5. The second-order valence-electron chi connectivity index (χ2n) is 5.66. The summed E-state index contributed by atoms with van der Waals surface area (Å²) in [4.78, 5) is 16.3. The molecule has 4 nitrogen and oxygen atoms in total. The Kier molecular flexibility index (Phi) is 5.15. The third-order valence-corrected chi connectivity index (χ3v) is 3.41. The van der Waals surface area contributed by atoms with Gasteiger partial charge in [0.05, 0.1) is 11.9 Å². The summed E-state index contributed by atoms with van der Waals surface area (Å²) in [7, 11) is 0. The lowest BCUT2D eigenvalue weighted by Crippen LogP contribution is -2.30. The number of benzene rings is 1. The summed E-state index contributed by atoms with van der Waals surface area (Å²) < 4.78 is 5.67. The number of aryl methyl sites for hydroxylation is 1. The highest BCUT2D eigenvalue weighted by Crippen LogP contribution is 2.19. The number of amides is 1. The molecule has 0 aliphatic heterocycles. The molecule has 0 saturated heterocycles. The number of hydrogen-bond acceptors (Lipinski definition) is 3. The van der Waals surface area contributed by atoms with E-state index in [0.717, 1.165) is 5.69 Å². The third kappa shape index (κ3) is 4.32. The standard InChI is InChI=1S/C18H22N2O2/c1-12(2)15-6-9-17(10-7-15)22-14(4)18(21)20-16-8-5-13(3)19-11-16/h5-12,14H,1-4H3,(H,20,21). The number of carbonyl (C=O) groups is 1. The summed E-state index contributed by atoms with van der Waals surface area (Å²) in [6.45, 7) is 7.91. The molecule has 0 bridgehead atoms. The summed E-state index contributed by atoms with van der Waals surface area (Å²) >= 11 is 0. The topological polar surface area (TPSA) is 51.2 Å². The monoisotopic (exact) mass is 298 g/mol. The minimum Gasteiger partial charge on any atom is -0.481 e. The first-order valence-corrected chi connectivity index (χ1v) is 7.46. The van der Waals surface area contributed by atoms with Crippen LogP contribution in [0.2, 0.25) is 0 Å². The van der Waals surface area contributed by atoms with E-state index in [1.165, 1.54) is 5.56 Å². The molecular formula is C18H22N2O2. The Bertz CT molecular complexity index is 619. The van der Waals surface area contributed by atoms with E-state index in [-0.39, 0.29) is 5.91 Å². The van der Waals surface area contributed by atoms with E-state index in [2.05, 4.69) is 24.1 Å². The lowest BCUT2D eigenvalue weighted by molar-refractivity contribution is -0.122. The maximum Gasteiger partial charge on any atom is 0.265 e. The Morgan fingerprint density at radius 1 is 1.09 bits per heavy atom. The van der Waals surface area contributed by atoms with Gasteiger partial charge in [0.25, 0.3) is 5.91 Å². The van der Waals surface area contributed by atoms with E-state index in [1.807, 2.05) is 43.3 Å². The van der Waals surface area contributed by atoms with Crippen LogP contribution in [0.5, 0.6) is 5.75 Å². The van der Waals surface area contributed by atoms with Crippen LogP contribution in [0, 0.1) is 6.92 Å². The van der Waals surface area contributed by atoms with Crippen LogP contribution in [0.4, 0.5) is 5.69 Å². The molecule has 2 aromatic rings. The van der Waals surface area contributed by atoms with Crippen LogP contribution in [0.1, 0.15) is 37.9 Å². The van der Waals surface area contributed by atoms with Crippen LogP contribution >= 0.6 is 0 Å². The van der Waals surface area contributed by atoms with E-state index in [1.54, 1.807) is 13.1 Å². The third-order valence-electron chi connectivity index (χ3n) is 3.41. The van der Waals surface area contributed by atoms with Gasteiger partial charge < -0.3 is 10.1 Å². The van der Waals surface area contributed by atoms with Crippen molar-refractivity contribution in [3.63, 3.8) is 0 Å². The van der Waals surface area contributed by atoms with E-state index in [0.29, 0.717) is 17.4 Å². The molecule has 2 rings (SSSR count). The first-order chi connectivity index (χ1) is 10.5. The van der Waals surface area contributed by atoms with Gasteiger partial charge in [0, 0.05) is 5.69 Å². The predicted molar refractivity (Wildman–Crippen MR) is 88.2 cm³/mol. The number of aromatic nitrogens is 1. The van der Waals surface area contributed by atoms with E-state index in [4.69, 9.17) is 4.74 Å². The molecule has 4 heteroatoms. The zero-order valence-electron chi connectivity index (χ0n) is 13.5. The Morgan fingerprint density at radius 2 is 1.77 bits per heavy atom. The molecule has 0 fully saturated rings. The average Bonchev–Trinajstić information content (AvgIpc) is 2.50. The molecule has 0 saturated carbocycles. The number of carbonyl (C=O) groups excluding carboxylic acids is 1. The molecule has 1 N–H and O–H groups in total. The molecule has 1 unspecified atom stereocenters. The van der Waals surface area contributed by atoms with Gasteiger partial charge in [-0.05, 0) is 49.6 Å². The molecule has 116 valence electrons. The van der Waals surface area contributed by atoms with Crippen LogP contribution in [0.15, 0.2) is 42.6 Å². The molecule has 1 heterocycles. The maximum absolute atomic E-state index is 12.1. The zero-order chi connectivity index (χ0) is 16.1. The van der Waals surface area contributed by atoms with Crippen LogP contribution in [0.3, 0.4) is 0 Å². The van der Waals surface area contributed by atoms with Crippen molar-refractivity contribution in [2.75, 3.05) is 5.32 Å². The van der Waals surface area contributed by atoms with Gasteiger partial charge in [-0.2, -0.15) is 0 Å². The molecule has 1 aromatic heterocycles. The molecule has 0 radical (unpaired) electrons. The van der Waals surface area contributed by atoms with E-state index >= 15 is 0 Å². The lowest BCUT2D eigenvalue weighted by Gasteiger charge is -2.15. The van der Waals surface area contributed by atoms with Gasteiger partial charge in [0.2, 0.25) is 0 Å². The number of pyridine rings is 1. The number of ether oxygens (including phenoxy) is 1. The van der Waals surface area contributed by atoms with Gasteiger partial charge in [-0.25, -0.2) is 0 Å². The van der Waals surface area contributed by atoms with Crippen molar-refractivity contribution in [2.45, 2.75) is 39.7 Å². The van der Waals surface area contributed by atoms with Crippen molar-refractivity contribution >= 4 is 11.6 Å². The lowest BCUT2D eigenvalue weighted by atomic mass is 10.0. The highest BCUT2D eigenvalue weighted by atomic mass is 16.5. The van der Waals surface area contributed by atoms with Gasteiger partial charge in [-0.15, -0.1) is 0 Å². The highest BCUT2D eigenvalue weighted by molar-refractivity contribution is 5.93. The van der Waals surface area contributed by atoms with Crippen LogP contribution in [-0.2, 0) is 4.79 Å². The smallest absolute Gasteiger partial charge is 0.265 e.